The molecule has 2 amide bonds. The molecule has 29 heavy (non-hydrogen) atoms. The van der Waals surface area contributed by atoms with Crippen molar-refractivity contribution in [3.63, 3.8) is 0 Å². The summed E-state index contributed by atoms with van der Waals surface area (Å²) in [5.74, 6) is -0.793. The third-order valence-electron chi connectivity index (χ3n) is 4.96. The molecule has 4 nitrogen and oxygen atoms in total. The molecule has 1 heterocycles. The number of hydrogen-bond acceptors (Lipinski definition) is 2. The highest BCUT2D eigenvalue weighted by Crippen LogP contribution is 2.32. The maximum Gasteiger partial charge on any atom is 0.251 e. The van der Waals surface area contributed by atoms with Gasteiger partial charge in [-0.05, 0) is 41.0 Å². The van der Waals surface area contributed by atoms with E-state index in [-0.39, 0.29) is 24.2 Å². The largest absolute Gasteiger partial charge is 0.338 e. The molecule has 146 valence electrons. The van der Waals surface area contributed by atoms with Crippen LogP contribution in [0.4, 0.5) is 4.39 Å². The number of nitrogens with one attached hydrogen (secondary N) is 1. The van der Waals surface area contributed by atoms with E-state index >= 15 is 0 Å². The first-order valence-electron chi connectivity index (χ1n) is 9.18. The summed E-state index contributed by atoms with van der Waals surface area (Å²) in [5, 5.41) is 2.87. The third kappa shape index (κ3) is 4.07. The highest BCUT2D eigenvalue weighted by molar-refractivity contribution is 9.10. The van der Waals surface area contributed by atoms with E-state index in [0.717, 1.165) is 15.6 Å². The minimum Gasteiger partial charge on any atom is -0.338 e. The highest BCUT2D eigenvalue weighted by Gasteiger charge is 2.41. The van der Waals surface area contributed by atoms with Gasteiger partial charge >= 0.3 is 0 Å². The maximum atomic E-state index is 13.4. The van der Waals surface area contributed by atoms with Gasteiger partial charge in [0.05, 0.1) is 0 Å². The molecule has 1 N–H and O–H groups in total. The zero-order valence-electron chi connectivity index (χ0n) is 15.4. The third-order valence-corrected chi connectivity index (χ3v) is 5.49. The SMILES string of the molecule is O=C1NC(c2ccccc2)C(=O)N(Cc2ccc(F)cc2)C1c1ccc(Br)cc1. The summed E-state index contributed by atoms with van der Waals surface area (Å²) in [6.07, 6.45) is 0. The lowest BCUT2D eigenvalue weighted by Crippen LogP contribution is -2.54. The molecule has 0 saturated carbocycles. The number of piperazine rings is 1. The van der Waals surface area contributed by atoms with E-state index in [1.807, 2.05) is 54.6 Å². The molecule has 2 atom stereocenters. The van der Waals surface area contributed by atoms with Crippen molar-refractivity contribution in [2.75, 3.05) is 0 Å². The zero-order chi connectivity index (χ0) is 20.4. The number of amides is 2. The van der Waals surface area contributed by atoms with Crippen LogP contribution < -0.4 is 5.32 Å². The smallest absolute Gasteiger partial charge is 0.251 e. The maximum absolute atomic E-state index is 13.4. The number of carbonyl (C=O) groups is 2. The van der Waals surface area contributed by atoms with Crippen molar-refractivity contribution in [3.05, 3.63) is 106 Å². The molecule has 1 saturated heterocycles. The first kappa shape index (κ1) is 19.3. The van der Waals surface area contributed by atoms with E-state index in [2.05, 4.69) is 21.2 Å². The van der Waals surface area contributed by atoms with Crippen LogP contribution in [0.5, 0.6) is 0 Å². The van der Waals surface area contributed by atoms with Crippen LogP contribution in [0, 0.1) is 5.82 Å². The molecule has 0 spiro atoms. The number of nitrogens with zero attached hydrogens (tertiary/aromatic N) is 1. The zero-order valence-corrected chi connectivity index (χ0v) is 17.0. The minimum absolute atomic E-state index is 0.201. The predicted octanol–water partition coefficient (Wildman–Crippen LogP) is 4.53. The summed E-state index contributed by atoms with van der Waals surface area (Å²) in [6.45, 7) is 0.205. The Bertz CT molecular complexity index is 1020. The van der Waals surface area contributed by atoms with Gasteiger partial charge in [-0.25, -0.2) is 4.39 Å². The van der Waals surface area contributed by atoms with Crippen LogP contribution >= 0.6 is 15.9 Å². The summed E-state index contributed by atoms with van der Waals surface area (Å²) >= 11 is 3.40. The van der Waals surface area contributed by atoms with Gasteiger partial charge in [0, 0.05) is 11.0 Å². The number of rotatable bonds is 4. The fourth-order valence-corrected chi connectivity index (χ4v) is 3.79. The van der Waals surface area contributed by atoms with Crippen molar-refractivity contribution >= 4 is 27.7 Å². The van der Waals surface area contributed by atoms with Crippen molar-refractivity contribution in [1.29, 1.82) is 0 Å². The number of hydrogen-bond donors (Lipinski definition) is 1. The number of carbonyl (C=O) groups excluding carboxylic acids is 2. The molecule has 0 radical (unpaired) electrons. The van der Waals surface area contributed by atoms with E-state index < -0.39 is 12.1 Å². The van der Waals surface area contributed by atoms with Gasteiger partial charge in [-0.1, -0.05) is 70.5 Å². The Hall–Kier alpha value is -2.99. The number of halogens is 2. The van der Waals surface area contributed by atoms with Crippen LogP contribution in [0.1, 0.15) is 28.8 Å². The molecular weight excluding hydrogens is 435 g/mol. The highest BCUT2D eigenvalue weighted by atomic mass is 79.9. The monoisotopic (exact) mass is 452 g/mol. The first-order chi connectivity index (χ1) is 14.0. The van der Waals surface area contributed by atoms with Crippen LogP contribution in [0.25, 0.3) is 0 Å². The van der Waals surface area contributed by atoms with E-state index in [0.29, 0.717) is 5.56 Å². The van der Waals surface area contributed by atoms with Crippen LogP contribution in [0.15, 0.2) is 83.3 Å². The van der Waals surface area contributed by atoms with Gasteiger partial charge in [-0.3, -0.25) is 9.59 Å². The van der Waals surface area contributed by atoms with Gasteiger partial charge in [0.25, 0.3) is 5.91 Å². The Morgan fingerprint density at radius 3 is 2.17 bits per heavy atom. The lowest BCUT2D eigenvalue weighted by Gasteiger charge is -2.39. The predicted molar refractivity (Wildman–Crippen MR) is 111 cm³/mol. The normalized spacial score (nSPS) is 19.2. The molecule has 0 bridgehead atoms. The quantitative estimate of drug-likeness (QED) is 0.631. The molecule has 2 unspecified atom stereocenters. The van der Waals surface area contributed by atoms with E-state index in [4.69, 9.17) is 0 Å². The molecule has 3 aromatic carbocycles. The Morgan fingerprint density at radius 2 is 1.52 bits per heavy atom. The Labute approximate surface area is 176 Å². The molecular formula is C23H18BrFN2O2. The molecule has 1 aliphatic rings. The second kappa shape index (κ2) is 8.17. The lowest BCUT2D eigenvalue weighted by atomic mass is 9.95. The van der Waals surface area contributed by atoms with Crippen molar-refractivity contribution in [2.45, 2.75) is 18.6 Å². The van der Waals surface area contributed by atoms with Crippen LogP contribution in [-0.2, 0) is 16.1 Å². The van der Waals surface area contributed by atoms with Gasteiger partial charge in [0.15, 0.2) is 0 Å². The van der Waals surface area contributed by atoms with Gasteiger partial charge in [-0.2, -0.15) is 0 Å². The fourth-order valence-electron chi connectivity index (χ4n) is 3.52. The number of benzene rings is 3. The summed E-state index contributed by atoms with van der Waals surface area (Å²) in [6, 6.07) is 20.9. The van der Waals surface area contributed by atoms with Crippen molar-refractivity contribution < 1.29 is 14.0 Å². The minimum atomic E-state index is -0.763. The van der Waals surface area contributed by atoms with Crippen molar-refractivity contribution in [1.82, 2.24) is 10.2 Å². The second-order valence-electron chi connectivity index (χ2n) is 6.90. The van der Waals surface area contributed by atoms with Crippen molar-refractivity contribution in [3.8, 4) is 0 Å². The molecule has 1 fully saturated rings. The lowest BCUT2D eigenvalue weighted by molar-refractivity contribution is -0.150. The molecule has 6 heteroatoms. The summed E-state index contributed by atoms with van der Waals surface area (Å²) in [7, 11) is 0. The topological polar surface area (TPSA) is 49.4 Å². The average molecular weight is 453 g/mol. The Morgan fingerprint density at radius 1 is 0.862 bits per heavy atom. The standard InChI is InChI=1S/C23H18BrFN2O2/c24-18-10-8-17(9-11-18)21-22(28)26-20(16-4-2-1-3-5-16)23(29)27(21)14-15-6-12-19(25)13-7-15/h1-13,20-21H,14H2,(H,26,28). The average Bonchev–Trinajstić information content (AvgIpc) is 2.74. The molecule has 1 aliphatic heterocycles. The van der Waals surface area contributed by atoms with Crippen LogP contribution in [0.3, 0.4) is 0 Å². The summed E-state index contributed by atoms with van der Waals surface area (Å²) < 4.78 is 14.2. The Kier molecular flexibility index (Phi) is 5.45. The van der Waals surface area contributed by atoms with Gasteiger partial charge < -0.3 is 10.2 Å². The second-order valence-corrected chi connectivity index (χ2v) is 7.81. The molecule has 0 aliphatic carbocycles. The molecule has 0 aromatic heterocycles. The van der Waals surface area contributed by atoms with Gasteiger partial charge in [-0.15, -0.1) is 0 Å². The molecule has 3 aromatic rings. The van der Waals surface area contributed by atoms with Gasteiger partial charge in [0.1, 0.15) is 17.9 Å². The van der Waals surface area contributed by atoms with Crippen LogP contribution in [0.2, 0.25) is 0 Å². The van der Waals surface area contributed by atoms with Crippen molar-refractivity contribution in [2.24, 2.45) is 0 Å². The van der Waals surface area contributed by atoms with Gasteiger partial charge in [0.2, 0.25) is 5.91 Å². The fraction of sp³-hybridized carbons (Fsp3) is 0.130. The van der Waals surface area contributed by atoms with Crippen LogP contribution in [-0.4, -0.2) is 16.7 Å². The van der Waals surface area contributed by atoms with E-state index in [1.165, 1.54) is 12.1 Å². The molecule has 4 rings (SSSR count). The van der Waals surface area contributed by atoms with E-state index in [1.54, 1.807) is 17.0 Å². The summed E-state index contributed by atoms with van der Waals surface area (Å²) in [4.78, 5) is 28.1. The Balaban J connectivity index is 1.73. The first-order valence-corrected chi connectivity index (χ1v) is 9.98. The summed E-state index contributed by atoms with van der Waals surface area (Å²) in [5.41, 5.74) is 2.19. The van der Waals surface area contributed by atoms with E-state index in [9.17, 15) is 14.0 Å².